The largest absolute Gasteiger partial charge is 0.368 e. The van der Waals surface area contributed by atoms with Crippen LogP contribution in [0.15, 0.2) is 30.3 Å². The maximum absolute atomic E-state index is 11.4. The molecule has 0 radical (unpaired) electrons. The second-order valence-electron chi connectivity index (χ2n) is 4.42. The average molecular weight is 296 g/mol. The predicted octanol–water partition coefficient (Wildman–Crippen LogP) is 1.68. The van der Waals surface area contributed by atoms with Gasteiger partial charge in [0.05, 0.1) is 0 Å². The number of alkyl halides is 1. The molecule has 1 atom stereocenters. The van der Waals surface area contributed by atoms with E-state index < -0.39 is 4.32 Å². The first-order valence-corrected chi connectivity index (χ1v) is 6.52. The van der Waals surface area contributed by atoms with E-state index in [0.29, 0.717) is 0 Å². The molecule has 17 heavy (non-hydrogen) atoms. The Balaban J connectivity index is 2.16. The van der Waals surface area contributed by atoms with Crippen LogP contribution in [0.4, 0.5) is 0 Å². The first-order valence-electron chi connectivity index (χ1n) is 5.73. The third-order valence-corrected chi connectivity index (χ3v) is 4.00. The summed E-state index contributed by atoms with van der Waals surface area (Å²) in [6.45, 7) is 1.79. The van der Waals surface area contributed by atoms with Gasteiger partial charge in [-0.1, -0.05) is 46.3 Å². The molecular weight excluding hydrogens is 280 g/mol. The highest BCUT2D eigenvalue weighted by atomic mass is 79.9. The molecule has 0 bridgehead atoms. The fraction of sp³-hybridized carbons (Fsp3) is 0.385. The van der Waals surface area contributed by atoms with Gasteiger partial charge >= 0.3 is 0 Å². The zero-order valence-electron chi connectivity index (χ0n) is 9.60. The van der Waals surface area contributed by atoms with Crippen LogP contribution >= 0.6 is 15.9 Å². The molecule has 1 aliphatic rings. The topological polar surface area (TPSA) is 46.1 Å². The smallest absolute Gasteiger partial charge is 0.244 e. The SMILES string of the molecule is NC(=O)C1(Br)C=[N+](Cc2ccccc2)CCC1. The molecule has 4 heteroatoms. The molecule has 1 unspecified atom stereocenters. The number of halogens is 1. The van der Waals surface area contributed by atoms with E-state index in [4.69, 9.17) is 5.73 Å². The minimum absolute atomic E-state index is 0.310. The van der Waals surface area contributed by atoms with E-state index in [9.17, 15) is 4.79 Å². The van der Waals surface area contributed by atoms with E-state index in [0.717, 1.165) is 25.9 Å². The molecule has 0 fully saturated rings. The molecule has 0 aromatic heterocycles. The monoisotopic (exact) mass is 295 g/mol. The van der Waals surface area contributed by atoms with Crippen molar-refractivity contribution in [2.45, 2.75) is 23.7 Å². The van der Waals surface area contributed by atoms with E-state index in [-0.39, 0.29) is 5.91 Å². The fourth-order valence-corrected chi connectivity index (χ4v) is 2.66. The maximum atomic E-state index is 11.4. The second kappa shape index (κ2) is 5.00. The Kier molecular flexibility index (Phi) is 3.62. The molecule has 1 aromatic carbocycles. The zero-order valence-corrected chi connectivity index (χ0v) is 11.2. The standard InChI is InChI=1S/C13H15BrN2O/c14-13(12(15)17)7-4-8-16(10-13)9-11-5-2-1-3-6-11/h1-3,5-6,10H,4,7-9H2,(H-,15,17)/p+1. The van der Waals surface area contributed by atoms with Gasteiger partial charge in [-0.15, -0.1) is 0 Å². The Hall–Kier alpha value is -1.16. The molecular formula is C13H16BrN2O+. The Morgan fingerprint density at radius 3 is 2.76 bits per heavy atom. The van der Waals surface area contributed by atoms with Crippen molar-refractivity contribution in [2.24, 2.45) is 5.73 Å². The average Bonchev–Trinajstić information content (AvgIpc) is 2.30. The number of hydrogen-bond acceptors (Lipinski definition) is 1. The normalized spacial score (nSPS) is 24.2. The van der Waals surface area contributed by atoms with Gasteiger partial charge in [-0.2, -0.15) is 0 Å². The summed E-state index contributed by atoms with van der Waals surface area (Å²) in [5, 5.41) is 0. The van der Waals surface area contributed by atoms with Crippen molar-refractivity contribution in [2.75, 3.05) is 6.54 Å². The van der Waals surface area contributed by atoms with Crippen LogP contribution in [0.3, 0.4) is 0 Å². The number of benzene rings is 1. The van der Waals surface area contributed by atoms with E-state index >= 15 is 0 Å². The summed E-state index contributed by atoms with van der Waals surface area (Å²) in [5.41, 5.74) is 6.65. The van der Waals surface area contributed by atoms with E-state index in [1.54, 1.807) is 0 Å². The lowest BCUT2D eigenvalue weighted by Gasteiger charge is -2.22. The highest BCUT2D eigenvalue weighted by molar-refractivity contribution is 9.10. The molecule has 90 valence electrons. The minimum atomic E-state index is -0.667. The molecule has 0 saturated heterocycles. The highest BCUT2D eigenvalue weighted by Gasteiger charge is 2.38. The zero-order chi connectivity index (χ0) is 12.3. The van der Waals surface area contributed by atoms with Gasteiger partial charge in [0.15, 0.2) is 17.1 Å². The molecule has 2 N–H and O–H groups in total. The lowest BCUT2D eigenvalue weighted by Crippen LogP contribution is -2.45. The third-order valence-electron chi connectivity index (χ3n) is 3.01. The molecule has 3 nitrogen and oxygen atoms in total. The van der Waals surface area contributed by atoms with Gasteiger partial charge in [-0.05, 0) is 6.42 Å². The minimum Gasteiger partial charge on any atom is -0.368 e. The number of amides is 1. The lowest BCUT2D eigenvalue weighted by molar-refractivity contribution is -0.544. The van der Waals surface area contributed by atoms with Crippen LogP contribution in [0.1, 0.15) is 18.4 Å². The Labute approximate surface area is 109 Å². The van der Waals surface area contributed by atoms with Gasteiger partial charge in [0.2, 0.25) is 5.91 Å². The Morgan fingerprint density at radius 2 is 2.12 bits per heavy atom. The first-order chi connectivity index (χ1) is 8.10. The summed E-state index contributed by atoms with van der Waals surface area (Å²) in [5.74, 6) is -0.310. The summed E-state index contributed by atoms with van der Waals surface area (Å²) < 4.78 is 1.48. The van der Waals surface area contributed by atoms with E-state index in [1.807, 2.05) is 24.4 Å². The van der Waals surface area contributed by atoms with Crippen molar-refractivity contribution < 1.29 is 9.37 Å². The Bertz CT molecular complexity index is 444. The number of carbonyl (C=O) groups is 1. The predicted molar refractivity (Wildman–Crippen MR) is 71.4 cm³/mol. The summed E-state index contributed by atoms with van der Waals surface area (Å²) in [7, 11) is 0. The van der Waals surface area contributed by atoms with Crippen LogP contribution in [0, 0.1) is 0 Å². The van der Waals surface area contributed by atoms with Crippen molar-refractivity contribution in [3.63, 3.8) is 0 Å². The Morgan fingerprint density at radius 1 is 1.41 bits per heavy atom. The van der Waals surface area contributed by atoms with Gasteiger partial charge in [0.25, 0.3) is 0 Å². The van der Waals surface area contributed by atoms with E-state index in [1.165, 1.54) is 5.56 Å². The van der Waals surface area contributed by atoms with Crippen LogP contribution in [0.5, 0.6) is 0 Å². The molecule has 2 rings (SSSR count). The number of nitrogens with two attached hydrogens (primary N) is 1. The van der Waals surface area contributed by atoms with Gasteiger partial charge < -0.3 is 5.73 Å². The van der Waals surface area contributed by atoms with Crippen LogP contribution in [0.2, 0.25) is 0 Å². The molecule has 1 aliphatic heterocycles. The van der Waals surface area contributed by atoms with Crippen LogP contribution in [-0.4, -0.2) is 27.6 Å². The summed E-state index contributed by atoms with van der Waals surface area (Å²) >= 11 is 3.44. The number of nitrogens with zero attached hydrogens (tertiary/aromatic N) is 1. The van der Waals surface area contributed by atoms with E-state index in [2.05, 4.69) is 32.6 Å². The van der Waals surface area contributed by atoms with Crippen molar-refractivity contribution in [3.05, 3.63) is 35.9 Å². The van der Waals surface area contributed by atoms with Crippen molar-refractivity contribution in [1.29, 1.82) is 0 Å². The second-order valence-corrected chi connectivity index (χ2v) is 5.83. The number of primary amides is 1. The number of rotatable bonds is 3. The van der Waals surface area contributed by atoms with Crippen LogP contribution in [-0.2, 0) is 11.3 Å². The molecule has 0 aliphatic carbocycles. The number of hydrogen-bond donors (Lipinski definition) is 1. The van der Waals surface area contributed by atoms with Gasteiger partial charge in [0, 0.05) is 12.0 Å². The molecule has 1 amide bonds. The molecule has 1 aromatic rings. The van der Waals surface area contributed by atoms with Crippen LogP contribution < -0.4 is 5.73 Å². The summed E-state index contributed by atoms with van der Waals surface area (Å²) in [6.07, 6.45) is 3.66. The number of carbonyl (C=O) groups excluding carboxylic acids is 1. The van der Waals surface area contributed by atoms with Crippen molar-refractivity contribution in [3.8, 4) is 0 Å². The quantitative estimate of drug-likeness (QED) is 0.669. The highest BCUT2D eigenvalue weighted by Crippen LogP contribution is 2.25. The van der Waals surface area contributed by atoms with Crippen LogP contribution in [0.25, 0.3) is 0 Å². The summed E-state index contributed by atoms with van der Waals surface area (Å²) in [4.78, 5) is 11.4. The lowest BCUT2D eigenvalue weighted by atomic mass is 10.0. The van der Waals surface area contributed by atoms with Gasteiger partial charge in [-0.3, -0.25) is 4.79 Å². The van der Waals surface area contributed by atoms with Gasteiger partial charge in [0.1, 0.15) is 6.54 Å². The van der Waals surface area contributed by atoms with Crippen molar-refractivity contribution in [1.82, 2.24) is 0 Å². The molecule has 0 spiro atoms. The van der Waals surface area contributed by atoms with Crippen molar-refractivity contribution >= 4 is 28.1 Å². The van der Waals surface area contributed by atoms with Gasteiger partial charge in [-0.25, -0.2) is 4.58 Å². The maximum Gasteiger partial charge on any atom is 0.244 e. The molecule has 0 saturated carbocycles. The fourth-order valence-electron chi connectivity index (χ4n) is 2.09. The summed E-state index contributed by atoms with van der Waals surface area (Å²) in [6, 6.07) is 10.2. The molecule has 1 heterocycles. The first kappa shape index (κ1) is 12.3. The third kappa shape index (κ3) is 2.94.